The van der Waals surface area contributed by atoms with Crippen LogP contribution in [0.2, 0.25) is 0 Å². The number of hydrogen-bond donors (Lipinski definition) is 1. The summed E-state index contributed by atoms with van der Waals surface area (Å²) in [6.45, 7) is 6.31. The number of rotatable bonds is 2. The molecule has 2 aromatic rings. The number of nitrogens with one attached hydrogen (secondary N) is 1. The fourth-order valence-electron chi connectivity index (χ4n) is 2.24. The molecular weight excluding hydrogens is 224 g/mol. The Balaban J connectivity index is 1.82. The van der Waals surface area contributed by atoms with Crippen LogP contribution in [0, 0.1) is 6.92 Å². The maximum Gasteiger partial charge on any atom is 0.0758 e. The molecule has 1 fully saturated rings. The van der Waals surface area contributed by atoms with Crippen molar-refractivity contribution in [3.63, 3.8) is 0 Å². The van der Waals surface area contributed by atoms with E-state index in [0.29, 0.717) is 0 Å². The molecule has 0 spiro atoms. The second-order valence-electron chi connectivity index (χ2n) is 4.72. The Kier molecular flexibility index (Phi) is 3.02. The van der Waals surface area contributed by atoms with Crippen LogP contribution in [0.25, 0.3) is 5.69 Å². The zero-order valence-corrected chi connectivity index (χ0v) is 10.6. The van der Waals surface area contributed by atoms with Gasteiger partial charge in [0.2, 0.25) is 0 Å². The largest absolute Gasteiger partial charge is 0.366 e. The number of aryl methyl sites for hydroxylation is 1. The lowest BCUT2D eigenvalue weighted by Gasteiger charge is -2.27. The van der Waals surface area contributed by atoms with E-state index in [1.807, 2.05) is 10.9 Å². The first kappa shape index (κ1) is 11.3. The lowest BCUT2D eigenvalue weighted by atomic mass is 10.2. The van der Waals surface area contributed by atoms with E-state index in [-0.39, 0.29) is 0 Å². The fourth-order valence-corrected chi connectivity index (χ4v) is 2.24. The Morgan fingerprint density at radius 2 is 1.78 bits per heavy atom. The Morgan fingerprint density at radius 3 is 2.50 bits per heavy atom. The van der Waals surface area contributed by atoms with E-state index in [1.54, 1.807) is 0 Å². The summed E-state index contributed by atoms with van der Waals surface area (Å²) < 4.78 is 1.94. The van der Waals surface area contributed by atoms with E-state index in [4.69, 9.17) is 0 Å². The number of anilines is 1. The van der Waals surface area contributed by atoms with Crippen molar-refractivity contribution in [3.8, 4) is 5.69 Å². The zero-order valence-electron chi connectivity index (χ0n) is 10.6. The van der Waals surface area contributed by atoms with E-state index in [0.717, 1.165) is 31.9 Å². The molecule has 1 aromatic heterocycles. The van der Waals surface area contributed by atoms with Gasteiger partial charge in [0, 0.05) is 26.2 Å². The SMILES string of the molecule is Cc1ccc(-n2cc(N3CCNCC3)cn2)cc1. The third-order valence-corrected chi connectivity index (χ3v) is 3.35. The first-order valence-electron chi connectivity index (χ1n) is 6.40. The van der Waals surface area contributed by atoms with Gasteiger partial charge >= 0.3 is 0 Å². The van der Waals surface area contributed by atoms with E-state index in [9.17, 15) is 0 Å². The van der Waals surface area contributed by atoms with E-state index < -0.39 is 0 Å². The molecular formula is C14H18N4. The molecule has 3 rings (SSSR count). The van der Waals surface area contributed by atoms with Crippen molar-refractivity contribution in [2.45, 2.75) is 6.92 Å². The molecule has 0 unspecified atom stereocenters. The normalized spacial score (nSPS) is 15.9. The molecule has 94 valence electrons. The lowest BCUT2D eigenvalue weighted by molar-refractivity contribution is 0.589. The molecule has 1 aromatic carbocycles. The average Bonchev–Trinajstić information content (AvgIpc) is 2.90. The molecule has 1 N–H and O–H groups in total. The summed E-state index contributed by atoms with van der Waals surface area (Å²) in [5, 5.41) is 7.81. The maximum absolute atomic E-state index is 4.45. The van der Waals surface area contributed by atoms with Gasteiger partial charge in [0.25, 0.3) is 0 Å². The Morgan fingerprint density at radius 1 is 1.06 bits per heavy atom. The Hall–Kier alpha value is -1.81. The van der Waals surface area contributed by atoms with Crippen LogP contribution in [0.1, 0.15) is 5.56 Å². The summed E-state index contributed by atoms with van der Waals surface area (Å²) >= 11 is 0. The second-order valence-corrected chi connectivity index (χ2v) is 4.72. The highest BCUT2D eigenvalue weighted by molar-refractivity contribution is 5.46. The minimum Gasteiger partial charge on any atom is -0.366 e. The molecule has 0 saturated carbocycles. The summed E-state index contributed by atoms with van der Waals surface area (Å²) in [6.07, 6.45) is 4.06. The molecule has 0 amide bonds. The van der Waals surface area contributed by atoms with Gasteiger partial charge in [-0.05, 0) is 19.1 Å². The van der Waals surface area contributed by atoms with Crippen LogP contribution in [-0.4, -0.2) is 36.0 Å². The predicted octanol–water partition coefficient (Wildman–Crippen LogP) is 1.59. The van der Waals surface area contributed by atoms with Crippen molar-refractivity contribution in [2.24, 2.45) is 0 Å². The Bertz CT molecular complexity index is 509. The minimum absolute atomic E-state index is 1.05. The van der Waals surface area contributed by atoms with Crippen molar-refractivity contribution >= 4 is 5.69 Å². The predicted molar refractivity (Wildman–Crippen MR) is 73.4 cm³/mol. The van der Waals surface area contributed by atoms with Gasteiger partial charge in [-0.25, -0.2) is 4.68 Å². The molecule has 0 radical (unpaired) electrons. The summed E-state index contributed by atoms with van der Waals surface area (Å²) in [6, 6.07) is 8.43. The first-order chi connectivity index (χ1) is 8.83. The summed E-state index contributed by atoms with van der Waals surface area (Å²) in [5.74, 6) is 0. The van der Waals surface area contributed by atoms with Crippen molar-refractivity contribution in [3.05, 3.63) is 42.2 Å². The minimum atomic E-state index is 1.05. The van der Waals surface area contributed by atoms with Crippen LogP contribution in [0.5, 0.6) is 0 Å². The number of benzene rings is 1. The third-order valence-electron chi connectivity index (χ3n) is 3.35. The molecule has 18 heavy (non-hydrogen) atoms. The van der Waals surface area contributed by atoms with Gasteiger partial charge in [0.1, 0.15) is 0 Å². The fraction of sp³-hybridized carbons (Fsp3) is 0.357. The first-order valence-corrected chi connectivity index (χ1v) is 6.40. The van der Waals surface area contributed by atoms with Crippen molar-refractivity contribution in [2.75, 3.05) is 31.1 Å². The van der Waals surface area contributed by atoms with Crippen molar-refractivity contribution < 1.29 is 0 Å². The van der Waals surface area contributed by atoms with Crippen LogP contribution in [0.3, 0.4) is 0 Å². The average molecular weight is 242 g/mol. The molecule has 0 aliphatic carbocycles. The molecule has 1 aliphatic heterocycles. The number of hydrogen-bond acceptors (Lipinski definition) is 3. The number of nitrogens with zero attached hydrogens (tertiary/aromatic N) is 3. The molecule has 1 saturated heterocycles. The van der Waals surface area contributed by atoms with Gasteiger partial charge in [-0.15, -0.1) is 0 Å². The molecule has 4 heteroatoms. The molecule has 4 nitrogen and oxygen atoms in total. The molecule has 0 bridgehead atoms. The highest BCUT2D eigenvalue weighted by atomic mass is 15.3. The number of piperazine rings is 1. The zero-order chi connectivity index (χ0) is 12.4. The van der Waals surface area contributed by atoms with Crippen molar-refractivity contribution in [1.29, 1.82) is 0 Å². The van der Waals surface area contributed by atoms with E-state index >= 15 is 0 Å². The van der Waals surface area contributed by atoms with Crippen LogP contribution in [0.15, 0.2) is 36.7 Å². The Labute approximate surface area is 107 Å². The summed E-state index contributed by atoms with van der Waals surface area (Å²) in [5.41, 5.74) is 3.59. The van der Waals surface area contributed by atoms with Gasteiger partial charge < -0.3 is 10.2 Å². The van der Waals surface area contributed by atoms with Gasteiger partial charge in [-0.1, -0.05) is 17.7 Å². The standard InChI is InChI=1S/C14H18N4/c1-12-2-4-13(5-3-12)18-11-14(10-16-18)17-8-6-15-7-9-17/h2-5,10-11,15H,6-9H2,1H3. The monoisotopic (exact) mass is 242 g/mol. The van der Waals surface area contributed by atoms with Crippen LogP contribution in [0.4, 0.5) is 5.69 Å². The van der Waals surface area contributed by atoms with Gasteiger partial charge in [-0.3, -0.25) is 0 Å². The summed E-state index contributed by atoms with van der Waals surface area (Å²) in [4.78, 5) is 2.37. The van der Waals surface area contributed by atoms with Gasteiger partial charge in [0.15, 0.2) is 0 Å². The molecule has 1 aliphatic rings. The highest BCUT2D eigenvalue weighted by Crippen LogP contribution is 2.16. The van der Waals surface area contributed by atoms with Crippen molar-refractivity contribution in [1.82, 2.24) is 15.1 Å². The van der Waals surface area contributed by atoms with Crippen LogP contribution < -0.4 is 10.2 Å². The summed E-state index contributed by atoms with van der Waals surface area (Å²) in [7, 11) is 0. The smallest absolute Gasteiger partial charge is 0.0758 e. The van der Waals surface area contributed by atoms with Crippen LogP contribution >= 0.6 is 0 Å². The molecule has 2 heterocycles. The van der Waals surface area contributed by atoms with E-state index in [1.165, 1.54) is 11.3 Å². The second kappa shape index (κ2) is 4.82. The third kappa shape index (κ3) is 2.24. The van der Waals surface area contributed by atoms with Gasteiger partial charge in [-0.2, -0.15) is 5.10 Å². The topological polar surface area (TPSA) is 33.1 Å². The lowest BCUT2D eigenvalue weighted by Crippen LogP contribution is -2.43. The number of aromatic nitrogens is 2. The van der Waals surface area contributed by atoms with Gasteiger partial charge in [0.05, 0.1) is 23.8 Å². The quantitative estimate of drug-likeness (QED) is 0.868. The van der Waals surface area contributed by atoms with Crippen LogP contribution in [-0.2, 0) is 0 Å². The maximum atomic E-state index is 4.45. The molecule has 0 atom stereocenters. The van der Waals surface area contributed by atoms with E-state index in [2.05, 4.69) is 52.7 Å². The highest BCUT2D eigenvalue weighted by Gasteiger charge is 2.12.